The van der Waals surface area contributed by atoms with E-state index in [1.807, 2.05) is 0 Å². The van der Waals surface area contributed by atoms with Gasteiger partial charge < -0.3 is 15.6 Å². The zero-order valence-corrected chi connectivity index (χ0v) is 20.9. The number of anilines is 1. The predicted octanol–water partition coefficient (Wildman–Crippen LogP) is 4.97. The third kappa shape index (κ3) is 5.49. The van der Waals surface area contributed by atoms with Crippen molar-refractivity contribution in [3.05, 3.63) is 35.2 Å². The molecule has 0 amide bonds. The summed E-state index contributed by atoms with van der Waals surface area (Å²) in [6.07, 6.45) is 13.8. The number of guanidine groups is 1. The topological polar surface area (TPSA) is 81.1 Å². The normalized spacial score (nSPS) is 16.9. The highest BCUT2D eigenvalue weighted by molar-refractivity contribution is 14.0. The van der Waals surface area contributed by atoms with Gasteiger partial charge in [0, 0.05) is 24.7 Å². The van der Waals surface area contributed by atoms with Crippen LogP contribution in [0.15, 0.2) is 28.3 Å². The van der Waals surface area contributed by atoms with Gasteiger partial charge in [-0.3, -0.25) is 4.99 Å². The lowest BCUT2D eigenvalue weighted by Gasteiger charge is -2.19. The molecule has 0 radical (unpaired) electrons. The van der Waals surface area contributed by atoms with Crippen LogP contribution in [0.1, 0.15) is 67.9 Å². The van der Waals surface area contributed by atoms with Crippen LogP contribution < -0.4 is 11.1 Å². The third-order valence-corrected chi connectivity index (χ3v) is 6.75. The summed E-state index contributed by atoms with van der Waals surface area (Å²) < 4.78 is 2.37. The highest BCUT2D eigenvalue weighted by Crippen LogP contribution is 2.33. The van der Waals surface area contributed by atoms with Crippen molar-refractivity contribution in [2.24, 2.45) is 10.7 Å². The number of nitrogens with zero attached hydrogens (tertiary/aromatic N) is 4. The van der Waals surface area contributed by atoms with Gasteiger partial charge in [0.05, 0.1) is 0 Å². The van der Waals surface area contributed by atoms with Crippen molar-refractivity contribution in [2.45, 2.75) is 75.4 Å². The maximum atomic E-state index is 6.18. The van der Waals surface area contributed by atoms with Crippen molar-refractivity contribution < 1.29 is 0 Å². The molecule has 0 atom stereocenters. The number of nitrogens with two attached hydrogens (primary N) is 1. The minimum Gasteiger partial charge on any atom is -0.370 e. The zero-order chi connectivity index (χ0) is 20.1. The Bertz CT molecular complexity index is 859. The van der Waals surface area contributed by atoms with E-state index < -0.39 is 0 Å². The molecule has 1 heterocycles. The van der Waals surface area contributed by atoms with Crippen LogP contribution in [0.25, 0.3) is 0 Å². The Balaban J connectivity index is 0.00000256. The maximum Gasteiger partial charge on any atom is 0.193 e. The van der Waals surface area contributed by atoms with Crippen LogP contribution >= 0.6 is 35.7 Å². The van der Waals surface area contributed by atoms with Crippen LogP contribution in [0.4, 0.5) is 5.69 Å². The summed E-state index contributed by atoms with van der Waals surface area (Å²) in [5.74, 6) is 1.60. The summed E-state index contributed by atoms with van der Waals surface area (Å²) in [7, 11) is 0. The molecule has 0 unspecified atom stereocenters. The number of aryl methyl sites for hydroxylation is 2. The first-order valence-electron chi connectivity index (χ1n) is 10.9. The molecule has 30 heavy (non-hydrogen) atoms. The highest BCUT2D eigenvalue weighted by Gasteiger charge is 2.23. The standard InChI is InChI=1S/C22H32N6S.HI/c1-29-22-27-26-20(28(22)17-10-3-4-11-17)14-7-15-24-21(23)25-19-13-6-9-16-8-2-5-12-18(16)19;/h6,9,13,17H,2-5,7-8,10-12,14-15H2,1H3,(H3,23,24,25);1H. The van der Waals surface area contributed by atoms with E-state index in [9.17, 15) is 0 Å². The fourth-order valence-electron chi connectivity index (χ4n) is 4.66. The van der Waals surface area contributed by atoms with E-state index in [4.69, 9.17) is 5.73 Å². The Kier molecular flexibility index (Phi) is 8.85. The molecule has 0 spiro atoms. The Morgan fingerprint density at radius 1 is 1.20 bits per heavy atom. The summed E-state index contributed by atoms with van der Waals surface area (Å²) >= 11 is 1.69. The molecule has 8 heteroatoms. The van der Waals surface area contributed by atoms with E-state index in [2.05, 4.69) is 49.5 Å². The predicted molar refractivity (Wildman–Crippen MR) is 136 cm³/mol. The molecule has 2 aromatic rings. The second kappa shape index (κ2) is 11.4. The number of hydrogen-bond acceptors (Lipinski definition) is 4. The molecule has 1 fully saturated rings. The second-order valence-electron chi connectivity index (χ2n) is 8.06. The van der Waals surface area contributed by atoms with Crippen molar-refractivity contribution in [1.29, 1.82) is 0 Å². The molecule has 2 aliphatic rings. The number of aromatic nitrogens is 3. The third-order valence-electron chi connectivity index (χ3n) is 6.11. The minimum absolute atomic E-state index is 0. The van der Waals surface area contributed by atoms with Crippen LogP contribution in [0.2, 0.25) is 0 Å². The number of thioether (sulfide) groups is 1. The highest BCUT2D eigenvalue weighted by atomic mass is 127. The van der Waals surface area contributed by atoms with Crippen LogP contribution in [0.5, 0.6) is 0 Å². The van der Waals surface area contributed by atoms with Gasteiger partial charge in [0.1, 0.15) is 5.82 Å². The summed E-state index contributed by atoms with van der Waals surface area (Å²) in [4.78, 5) is 4.56. The molecule has 1 aromatic heterocycles. The fraction of sp³-hybridized carbons (Fsp3) is 0.591. The number of aliphatic imine (C=N–C) groups is 1. The molecular weight excluding hydrogens is 507 g/mol. The average molecular weight is 541 g/mol. The van der Waals surface area contributed by atoms with Crippen LogP contribution in [0, 0.1) is 0 Å². The molecule has 0 saturated heterocycles. The first-order chi connectivity index (χ1) is 14.3. The van der Waals surface area contributed by atoms with Crippen LogP contribution in [-0.4, -0.2) is 33.5 Å². The van der Waals surface area contributed by atoms with E-state index in [1.165, 1.54) is 56.1 Å². The van der Waals surface area contributed by atoms with E-state index in [0.717, 1.165) is 35.9 Å². The van der Waals surface area contributed by atoms with Crippen molar-refractivity contribution in [1.82, 2.24) is 14.8 Å². The van der Waals surface area contributed by atoms with Crippen LogP contribution in [-0.2, 0) is 19.3 Å². The molecular formula is C22H33IN6S. The fourth-order valence-corrected chi connectivity index (χ4v) is 5.23. The van der Waals surface area contributed by atoms with Crippen molar-refractivity contribution in [3.8, 4) is 0 Å². The Labute approximate surface area is 200 Å². The van der Waals surface area contributed by atoms with Gasteiger partial charge in [-0.25, -0.2) is 0 Å². The summed E-state index contributed by atoms with van der Waals surface area (Å²) in [5, 5.41) is 13.2. The Morgan fingerprint density at radius 3 is 2.80 bits per heavy atom. The van der Waals surface area contributed by atoms with Gasteiger partial charge in [0.2, 0.25) is 0 Å². The van der Waals surface area contributed by atoms with Gasteiger partial charge in [-0.1, -0.05) is 36.7 Å². The van der Waals surface area contributed by atoms with E-state index in [1.54, 1.807) is 11.8 Å². The molecule has 164 valence electrons. The van der Waals surface area contributed by atoms with Crippen LogP contribution in [0.3, 0.4) is 0 Å². The molecule has 2 aliphatic carbocycles. The van der Waals surface area contributed by atoms with Gasteiger partial charge in [-0.05, 0) is 68.4 Å². The number of rotatable bonds is 7. The monoisotopic (exact) mass is 540 g/mol. The van der Waals surface area contributed by atoms with E-state index in [0.29, 0.717) is 18.5 Å². The molecule has 1 saturated carbocycles. The lowest BCUT2D eigenvalue weighted by Crippen LogP contribution is -2.24. The first-order valence-corrected chi connectivity index (χ1v) is 12.1. The van der Waals surface area contributed by atoms with Crippen molar-refractivity contribution in [3.63, 3.8) is 0 Å². The molecule has 1 aromatic carbocycles. The smallest absolute Gasteiger partial charge is 0.193 e. The minimum atomic E-state index is 0. The van der Waals surface area contributed by atoms with Crippen molar-refractivity contribution in [2.75, 3.05) is 18.1 Å². The number of fused-ring (bicyclic) bond motifs is 1. The van der Waals surface area contributed by atoms with E-state index in [-0.39, 0.29) is 24.0 Å². The summed E-state index contributed by atoms with van der Waals surface area (Å²) in [6.45, 7) is 0.694. The lowest BCUT2D eigenvalue weighted by molar-refractivity contribution is 0.461. The zero-order valence-electron chi connectivity index (χ0n) is 17.8. The van der Waals surface area contributed by atoms with Gasteiger partial charge in [-0.15, -0.1) is 34.2 Å². The summed E-state index contributed by atoms with van der Waals surface area (Å²) in [6, 6.07) is 7.03. The number of benzene rings is 1. The molecule has 3 N–H and O–H groups in total. The first kappa shape index (κ1) is 23.4. The lowest BCUT2D eigenvalue weighted by atomic mass is 9.90. The van der Waals surface area contributed by atoms with Gasteiger partial charge >= 0.3 is 0 Å². The number of hydrogen-bond donors (Lipinski definition) is 2. The Morgan fingerprint density at radius 2 is 2.00 bits per heavy atom. The summed E-state index contributed by atoms with van der Waals surface area (Å²) in [5.41, 5.74) is 10.2. The quantitative estimate of drug-likeness (QED) is 0.170. The molecule has 4 rings (SSSR count). The Hall–Kier alpha value is -1.29. The average Bonchev–Trinajstić information content (AvgIpc) is 3.41. The van der Waals surface area contributed by atoms with E-state index >= 15 is 0 Å². The number of halogens is 1. The molecule has 0 aliphatic heterocycles. The van der Waals surface area contributed by atoms with Gasteiger partial charge in [-0.2, -0.15) is 0 Å². The number of nitrogens with one attached hydrogen (secondary N) is 1. The molecule has 6 nitrogen and oxygen atoms in total. The SMILES string of the molecule is CSc1nnc(CCCN=C(N)Nc2cccc3c2CCCC3)n1C1CCCC1.I. The largest absolute Gasteiger partial charge is 0.370 e. The van der Waals surface area contributed by atoms with Crippen molar-refractivity contribution >= 4 is 47.4 Å². The maximum absolute atomic E-state index is 6.18. The van der Waals surface area contributed by atoms with Gasteiger partial charge in [0.25, 0.3) is 0 Å². The molecule has 0 bridgehead atoms. The second-order valence-corrected chi connectivity index (χ2v) is 8.83. The van der Waals surface area contributed by atoms with Gasteiger partial charge in [0.15, 0.2) is 11.1 Å².